The Hall–Kier alpha value is -1.74. The number of benzene rings is 1. The number of carbonyl (C=O) groups is 1. The lowest BCUT2D eigenvalue weighted by molar-refractivity contribution is -0.167. The number of ether oxygens (including phenoxy) is 1. The Kier molecular flexibility index (Phi) is 5.87. The first kappa shape index (κ1) is 21.6. The summed E-state index contributed by atoms with van der Waals surface area (Å²) in [5.74, 6) is -2.05. The third kappa shape index (κ3) is 4.58. The van der Waals surface area contributed by atoms with Crippen LogP contribution in [0.1, 0.15) is 45.0 Å². The van der Waals surface area contributed by atoms with Crippen molar-refractivity contribution in [2.75, 3.05) is 13.7 Å². The quantitative estimate of drug-likeness (QED) is 0.790. The molecular formula is C18H25BF3NO4. The average Bonchev–Trinajstić information content (AvgIpc) is 2.78. The molecular weight excluding hydrogens is 362 g/mol. The third-order valence-electron chi connectivity index (χ3n) is 5.12. The summed E-state index contributed by atoms with van der Waals surface area (Å²) in [5, 5.41) is 2.31. The molecule has 0 aromatic heterocycles. The highest BCUT2D eigenvalue weighted by Gasteiger charge is 2.51. The van der Waals surface area contributed by atoms with Crippen LogP contribution in [0.4, 0.5) is 13.2 Å². The van der Waals surface area contributed by atoms with E-state index >= 15 is 0 Å². The summed E-state index contributed by atoms with van der Waals surface area (Å²) in [4.78, 5) is 12.4. The van der Waals surface area contributed by atoms with Crippen LogP contribution in [-0.4, -0.2) is 44.1 Å². The minimum absolute atomic E-state index is 0.124. The highest BCUT2D eigenvalue weighted by Crippen LogP contribution is 2.36. The maximum atomic E-state index is 12.7. The van der Waals surface area contributed by atoms with Crippen molar-refractivity contribution < 1.29 is 32.0 Å². The zero-order chi connectivity index (χ0) is 20.6. The molecule has 1 saturated heterocycles. The summed E-state index contributed by atoms with van der Waals surface area (Å²) in [5.41, 5.74) is -0.396. The fraction of sp³-hybridized carbons (Fsp3) is 0.611. The van der Waals surface area contributed by atoms with Crippen molar-refractivity contribution in [3.8, 4) is 5.75 Å². The second-order valence-electron chi connectivity index (χ2n) is 7.70. The highest BCUT2D eigenvalue weighted by molar-refractivity contribution is 6.62. The predicted molar refractivity (Wildman–Crippen MR) is 96.3 cm³/mol. The van der Waals surface area contributed by atoms with Crippen molar-refractivity contribution in [1.82, 2.24) is 5.32 Å². The van der Waals surface area contributed by atoms with Gasteiger partial charge in [-0.05, 0) is 45.3 Å². The van der Waals surface area contributed by atoms with Gasteiger partial charge in [0.15, 0.2) is 0 Å². The van der Waals surface area contributed by atoms with Crippen LogP contribution in [0.15, 0.2) is 18.2 Å². The zero-order valence-corrected chi connectivity index (χ0v) is 16.4. The fourth-order valence-electron chi connectivity index (χ4n) is 2.49. The molecule has 1 aliphatic heterocycles. The molecule has 0 bridgehead atoms. The predicted octanol–water partition coefficient (Wildman–Crippen LogP) is 2.92. The SMILES string of the molecule is COc1ccc(B2OC(C)(C)C(C)(C)O2)cc1C(=O)NCC(C)C(F)(F)F. The van der Waals surface area contributed by atoms with E-state index in [-0.39, 0.29) is 11.3 Å². The zero-order valence-electron chi connectivity index (χ0n) is 16.4. The minimum atomic E-state index is -4.37. The average molecular weight is 387 g/mol. The van der Waals surface area contributed by atoms with Crippen molar-refractivity contribution in [3.63, 3.8) is 0 Å². The van der Waals surface area contributed by atoms with Gasteiger partial charge in [-0.3, -0.25) is 4.79 Å². The fourth-order valence-corrected chi connectivity index (χ4v) is 2.49. The first-order valence-electron chi connectivity index (χ1n) is 8.67. The molecule has 150 valence electrons. The monoisotopic (exact) mass is 387 g/mol. The Morgan fingerprint density at radius 3 is 2.26 bits per heavy atom. The molecule has 2 rings (SSSR count). The highest BCUT2D eigenvalue weighted by atomic mass is 19.4. The van der Waals surface area contributed by atoms with Crippen LogP contribution in [0.3, 0.4) is 0 Å². The van der Waals surface area contributed by atoms with Crippen LogP contribution in [0.2, 0.25) is 0 Å². The number of alkyl halides is 3. The number of nitrogens with one attached hydrogen (secondary N) is 1. The first-order valence-corrected chi connectivity index (χ1v) is 8.67. The molecule has 1 fully saturated rings. The van der Waals surface area contributed by atoms with Crippen molar-refractivity contribution >= 4 is 18.5 Å². The van der Waals surface area contributed by atoms with Gasteiger partial charge in [0.1, 0.15) is 5.75 Å². The Labute approximate surface area is 157 Å². The number of amides is 1. The van der Waals surface area contributed by atoms with Crippen molar-refractivity contribution in [2.45, 2.75) is 52.0 Å². The van der Waals surface area contributed by atoms with E-state index in [1.807, 2.05) is 27.7 Å². The Balaban J connectivity index is 2.22. The topological polar surface area (TPSA) is 56.8 Å². The van der Waals surface area contributed by atoms with Gasteiger partial charge in [-0.2, -0.15) is 13.2 Å². The molecule has 0 radical (unpaired) electrons. The van der Waals surface area contributed by atoms with E-state index in [1.54, 1.807) is 12.1 Å². The molecule has 0 aliphatic carbocycles. The van der Waals surface area contributed by atoms with E-state index in [0.717, 1.165) is 6.92 Å². The number of rotatable bonds is 5. The molecule has 5 nitrogen and oxygen atoms in total. The van der Waals surface area contributed by atoms with Gasteiger partial charge >= 0.3 is 13.3 Å². The smallest absolute Gasteiger partial charge is 0.494 e. The molecule has 1 unspecified atom stereocenters. The lowest BCUT2D eigenvalue weighted by atomic mass is 9.78. The van der Waals surface area contributed by atoms with Gasteiger partial charge in [0.05, 0.1) is 29.8 Å². The summed E-state index contributed by atoms with van der Waals surface area (Å²) in [6, 6.07) is 4.80. The van der Waals surface area contributed by atoms with Crippen LogP contribution in [0.5, 0.6) is 5.75 Å². The van der Waals surface area contributed by atoms with Gasteiger partial charge in [-0.15, -0.1) is 0 Å². The van der Waals surface area contributed by atoms with Crippen LogP contribution in [0.25, 0.3) is 0 Å². The van der Waals surface area contributed by atoms with Gasteiger partial charge in [0, 0.05) is 6.54 Å². The van der Waals surface area contributed by atoms with Crippen LogP contribution < -0.4 is 15.5 Å². The molecule has 1 N–H and O–H groups in total. The third-order valence-corrected chi connectivity index (χ3v) is 5.12. The van der Waals surface area contributed by atoms with Crippen LogP contribution in [-0.2, 0) is 9.31 Å². The number of carbonyl (C=O) groups excluding carboxylic acids is 1. The summed E-state index contributed by atoms with van der Waals surface area (Å²) >= 11 is 0. The molecule has 27 heavy (non-hydrogen) atoms. The summed E-state index contributed by atoms with van der Waals surface area (Å²) < 4.78 is 55.0. The molecule has 1 aromatic rings. The Morgan fingerprint density at radius 1 is 1.22 bits per heavy atom. The second kappa shape index (κ2) is 7.35. The van der Waals surface area contributed by atoms with Crippen LogP contribution in [0, 0.1) is 5.92 Å². The van der Waals surface area contributed by atoms with Gasteiger partial charge in [-0.1, -0.05) is 13.0 Å². The van der Waals surface area contributed by atoms with Crippen molar-refractivity contribution in [3.05, 3.63) is 23.8 Å². The van der Waals surface area contributed by atoms with Crippen molar-refractivity contribution in [1.29, 1.82) is 0 Å². The molecule has 1 aromatic carbocycles. The summed E-state index contributed by atoms with van der Waals surface area (Å²) in [6.07, 6.45) is -4.37. The standard InChI is InChI=1S/C18H25BF3NO4/c1-11(18(20,21)22)10-23-15(24)13-9-12(7-8-14(13)25-6)19-26-16(2,3)17(4,5)27-19/h7-9,11H,10H2,1-6H3,(H,23,24). The van der Waals surface area contributed by atoms with Gasteiger partial charge < -0.3 is 19.4 Å². The second-order valence-corrected chi connectivity index (χ2v) is 7.70. The number of halogens is 3. The van der Waals surface area contributed by atoms with Crippen LogP contribution >= 0.6 is 0 Å². The molecule has 0 saturated carbocycles. The number of hydrogen-bond donors (Lipinski definition) is 1. The van der Waals surface area contributed by atoms with E-state index in [9.17, 15) is 18.0 Å². The molecule has 0 spiro atoms. The summed E-state index contributed by atoms with van der Waals surface area (Å²) in [6.45, 7) is 8.11. The molecule has 1 atom stereocenters. The number of hydrogen-bond acceptors (Lipinski definition) is 4. The Morgan fingerprint density at radius 2 is 1.78 bits per heavy atom. The van der Waals surface area contributed by atoms with Gasteiger partial charge in [0.2, 0.25) is 0 Å². The van der Waals surface area contributed by atoms with E-state index in [4.69, 9.17) is 14.0 Å². The Bertz CT molecular complexity index is 690. The molecule has 9 heteroatoms. The first-order chi connectivity index (χ1) is 12.3. The normalized spacial score (nSPS) is 19.7. The largest absolute Gasteiger partial charge is 0.496 e. The van der Waals surface area contributed by atoms with E-state index < -0.39 is 42.9 Å². The maximum Gasteiger partial charge on any atom is 0.494 e. The van der Waals surface area contributed by atoms with E-state index in [2.05, 4.69) is 5.32 Å². The molecule has 1 aliphatic rings. The lowest BCUT2D eigenvalue weighted by Crippen LogP contribution is -2.41. The van der Waals surface area contributed by atoms with Crippen molar-refractivity contribution in [2.24, 2.45) is 5.92 Å². The van der Waals surface area contributed by atoms with E-state index in [0.29, 0.717) is 5.46 Å². The minimum Gasteiger partial charge on any atom is -0.496 e. The summed E-state index contributed by atoms with van der Waals surface area (Å²) in [7, 11) is 0.695. The van der Waals surface area contributed by atoms with Gasteiger partial charge in [-0.25, -0.2) is 0 Å². The molecule has 1 amide bonds. The lowest BCUT2D eigenvalue weighted by Gasteiger charge is -2.32. The number of methoxy groups -OCH3 is 1. The van der Waals surface area contributed by atoms with E-state index in [1.165, 1.54) is 13.2 Å². The maximum absolute atomic E-state index is 12.7. The van der Waals surface area contributed by atoms with Gasteiger partial charge in [0.25, 0.3) is 5.91 Å². The molecule has 1 heterocycles.